The normalized spacial score (nSPS) is 45.6. The molecule has 1 saturated heterocycles. The number of hydrogen-bond acceptors (Lipinski definition) is 3. The Kier molecular flexibility index (Phi) is 3.57. The molecule has 0 aromatic heterocycles. The van der Waals surface area contributed by atoms with Gasteiger partial charge in [0, 0.05) is 12.0 Å². The van der Waals surface area contributed by atoms with Gasteiger partial charge >= 0.3 is 0 Å². The summed E-state index contributed by atoms with van der Waals surface area (Å²) in [5, 5.41) is 23.9. The average molecular weight is 227 g/mol. The fourth-order valence-electron chi connectivity index (χ4n) is 3.42. The van der Waals surface area contributed by atoms with Gasteiger partial charge < -0.3 is 15.5 Å². The lowest BCUT2D eigenvalue weighted by Crippen LogP contribution is -2.59. The van der Waals surface area contributed by atoms with Crippen LogP contribution in [0.25, 0.3) is 0 Å². The molecule has 94 valence electrons. The topological polar surface area (TPSA) is 52.5 Å². The maximum Gasteiger partial charge on any atom is 0.0738 e. The third-order valence-electron chi connectivity index (χ3n) is 4.86. The molecule has 0 spiro atoms. The van der Waals surface area contributed by atoms with E-state index in [1.54, 1.807) is 0 Å². The van der Waals surface area contributed by atoms with Crippen LogP contribution in [0.4, 0.5) is 0 Å². The van der Waals surface area contributed by atoms with Crippen molar-refractivity contribution in [1.29, 1.82) is 0 Å². The van der Waals surface area contributed by atoms with E-state index < -0.39 is 5.60 Å². The van der Waals surface area contributed by atoms with Crippen molar-refractivity contribution in [3.05, 3.63) is 0 Å². The quantitative estimate of drug-likeness (QED) is 0.666. The molecule has 3 nitrogen and oxygen atoms in total. The van der Waals surface area contributed by atoms with Gasteiger partial charge in [-0.3, -0.25) is 0 Å². The standard InChI is InChI=1S/C13H25NO2/c1-11-3-6-13(16,7-4-11)12(10-15)5-2-8-14-9-12/h11,14-16H,2-10H2,1H3. The highest BCUT2D eigenvalue weighted by Gasteiger charge is 2.51. The van der Waals surface area contributed by atoms with Crippen LogP contribution in [0.3, 0.4) is 0 Å². The van der Waals surface area contributed by atoms with Crippen LogP contribution in [-0.2, 0) is 0 Å². The Morgan fingerprint density at radius 3 is 2.44 bits per heavy atom. The summed E-state index contributed by atoms with van der Waals surface area (Å²) >= 11 is 0. The van der Waals surface area contributed by atoms with E-state index in [0.717, 1.165) is 57.5 Å². The molecule has 0 bridgehead atoms. The lowest BCUT2D eigenvalue weighted by molar-refractivity contribution is -0.144. The van der Waals surface area contributed by atoms with Crippen LogP contribution in [0.1, 0.15) is 45.4 Å². The summed E-state index contributed by atoms with van der Waals surface area (Å²) in [5.74, 6) is 0.729. The Balaban J connectivity index is 2.12. The zero-order chi connectivity index (χ0) is 11.6. The number of aliphatic hydroxyl groups is 2. The third-order valence-corrected chi connectivity index (χ3v) is 4.86. The predicted molar refractivity (Wildman–Crippen MR) is 64.2 cm³/mol. The van der Waals surface area contributed by atoms with Gasteiger partial charge in [-0.25, -0.2) is 0 Å². The molecular formula is C13H25NO2. The van der Waals surface area contributed by atoms with Gasteiger partial charge in [-0.05, 0) is 51.0 Å². The number of rotatable bonds is 2. The minimum atomic E-state index is -0.637. The van der Waals surface area contributed by atoms with E-state index in [0.29, 0.717) is 0 Å². The number of nitrogens with one attached hydrogen (secondary N) is 1. The van der Waals surface area contributed by atoms with Crippen molar-refractivity contribution in [2.24, 2.45) is 11.3 Å². The molecule has 1 atom stereocenters. The van der Waals surface area contributed by atoms with E-state index in [9.17, 15) is 10.2 Å². The second kappa shape index (κ2) is 4.63. The summed E-state index contributed by atoms with van der Waals surface area (Å²) in [4.78, 5) is 0. The first-order chi connectivity index (χ1) is 7.62. The van der Waals surface area contributed by atoms with Crippen molar-refractivity contribution in [2.75, 3.05) is 19.7 Å². The number of piperidine rings is 1. The van der Waals surface area contributed by atoms with Gasteiger partial charge in [0.05, 0.1) is 12.2 Å². The van der Waals surface area contributed by atoms with Crippen molar-refractivity contribution < 1.29 is 10.2 Å². The number of aliphatic hydroxyl groups excluding tert-OH is 1. The van der Waals surface area contributed by atoms with Crippen molar-refractivity contribution in [3.63, 3.8) is 0 Å². The van der Waals surface area contributed by atoms with Crippen LogP contribution in [-0.4, -0.2) is 35.5 Å². The molecule has 0 aromatic carbocycles. The molecule has 0 amide bonds. The third kappa shape index (κ3) is 2.01. The van der Waals surface area contributed by atoms with E-state index >= 15 is 0 Å². The monoisotopic (exact) mass is 227 g/mol. The van der Waals surface area contributed by atoms with Crippen LogP contribution in [0.2, 0.25) is 0 Å². The van der Waals surface area contributed by atoms with Crippen molar-refractivity contribution in [3.8, 4) is 0 Å². The maximum atomic E-state index is 10.9. The zero-order valence-corrected chi connectivity index (χ0v) is 10.3. The Morgan fingerprint density at radius 1 is 1.25 bits per heavy atom. The molecule has 1 unspecified atom stereocenters. The predicted octanol–water partition coefficient (Wildman–Crippen LogP) is 1.29. The highest BCUT2D eigenvalue weighted by Crippen LogP contribution is 2.47. The lowest BCUT2D eigenvalue weighted by atomic mass is 9.61. The molecule has 2 rings (SSSR count). The van der Waals surface area contributed by atoms with Gasteiger partial charge in [-0.1, -0.05) is 6.92 Å². The highest BCUT2D eigenvalue weighted by atomic mass is 16.3. The number of hydrogen-bond donors (Lipinski definition) is 3. The van der Waals surface area contributed by atoms with Crippen molar-refractivity contribution in [2.45, 2.75) is 51.0 Å². The van der Waals surface area contributed by atoms with Crippen LogP contribution in [0.15, 0.2) is 0 Å². The van der Waals surface area contributed by atoms with Gasteiger partial charge in [0.15, 0.2) is 0 Å². The van der Waals surface area contributed by atoms with Gasteiger partial charge in [0.1, 0.15) is 0 Å². The molecule has 0 radical (unpaired) electrons. The fourth-order valence-corrected chi connectivity index (χ4v) is 3.42. The van der Waals surface area contributed by atoms with Crippen molar-refractivity contribution in [1.82, 2.24) is 5.32 Å². The minimum absolute atomic E-state index is 0.116. The molecule has 3 N–H and O–H groups in total. The second-order valence-electron chi connectivity index (χ2n) is 5.93. The van der Waals surface area contributed by atoms with Gasteiger partial charge in [-0.15, -0.1) is 0 Å². The Bertz CT molecular complexity index is 228. The van der Waals surface area contributed by atoms with Gasteiger partial charge in [0.2, 0.25) is 0 Å². The summed E-state index contributed by atoms with van der Waals surface area (Å²) in [6.07, 6.45) is 5.93. The summed E-state index contributed by atoms with van der Waals surface area (Å²) < 4.78 is 0. The van der Waals surface area contributed by atoms with Gasteiger partial charge in [-0.2, -0.15) is 0 Å². The summed E-state index contributed by atoms with van der Waals surface area (Å²) in [6.45, 7) is 4.16. The molecule has 1 heterocycles. The lowest BCUT2D eigenvalue weighted by Gasteiger charge is -2.51. The first-order valence-electron chi connectivity index (χ1n) is 6.66. The smallest absolute Gasteiger partial charge is 0.0738 e. The largest absolute Gasteiger partial charge is 0.396 e. The zero-order valence-electron chi connectivity index (χ0n) is 10.3. The van der Waals surface area contributed by atoms with Crippen LogP contribution >= 0.6 is 0 Å². The van der Waals surface area contributed by atoms with Crippen molar-refractivity contribution >= 4 is 0 Å². The molecule has 3 heteroatoms. The Labute approximate surface area is 98.2 Å². The minimum Gasteiger partial charge on any atom is -0.396 e. The first-order valence-corrected chi connectivity index (χ1v) is 6.66. The van der Waals surface area contributed by atoms with Crippen LogP contribution < -0.4 is 5.32 Å². The molecule has 2 fully saturated rings. The highest BCUT2D eigenvalue weighted by molar-refractivity contribution is 5.03. The molecular weight excluding hydrogens is 202 g/mol. The summed E-state index contributed by atoms with van der Waals surface area (Å²) in [6, 6.07) is 0. The van der Waals surface area contributed by atoms with E-state index in [2.05, 4.69) is 12.2 Å². The van der Waals surface area contributed by atoms with Crippen LogP contribution in [0.5, 0.6) is 0 Å². The second-order valence-corrected chi connectivity index (χ2v) is 5.93. The molecule has 1 aliphatic heterocycles. The average Bonchev–Trinajstić information content (AvgIpc) is 2.34. The van der Waals surface area contributed by atoms with E-state index in [4.69, 9.17) is 0 Å². The maximum absolute atomic E-state index is 10.9. The van der Waals surface area contributed by atoms with Crippen LogP contribution in [0, 0.1) is 11.3 Å². The Hall–Kier alpha value is -0.120. The fraction of sp³-hybridized carbons (Fsp3) is 1.00. The molecule has 16 heavy (non-hydrogen) atoms. The van der Waals surface area contributed by atoms with E-state index in [-0.39, 0.29) is 12.0 Å². The molecule has 2 aliphatic rings. The van der Waals surface area contributed by atoms with Gasteiger partial charge in [0.25, 0.3) is 0 Å². The first kappa shape index (κ1) is 12.3. The Morgan fingerprint density at radius 2 is 1.94 bits per heavy atom. The molecule has 1 saturated carbocycles. The SMILES string of the molecule is CC1CCC(O)(C2(CO)CCCNC2)CC1. The summed E-state index contributed by atoms with van der Waals surface area (Å²) in [7, 11) is 0. The van der Waals surface area contributed by atoms with E-state index in [1.807, 2.05) is 0 Å². The molecule has 0 aromatic rings. The van der Waals surface area contributed by atoms with E-state index in [1.165, 1.54) is 0 Å². The summed E-state index contributed by atoms with van der Waals surface area (Å²) in [5.41, 5.74) is -0.924. The molecule has 1 aliphatic carbocycles.